The summed E-state index contributed by atoms with van der Waals surface area (Å²) in [6.07, 6.45) is 1.57. The third kappa shape index (κ3) is 2.22. The van der Waals surface area contributed by atoms with Crippen LogP contribution < -0.4 is 5.32 Å². The molecule has 96 valence electrons. The van der Waals surface area contributed by atoms with Gasteiger partial charge in [0.2, 0.25) is 0 Å². The normalized spacial score (nSPS) is 20.9. The molecule has 19 heavy (non-hydrogen) atoms. The van der Waals surface area contributed by atoms with Gasteiger partial charge in [-0.2, -0.15) is 0 Å². The SMILES string of the molecule is O=C(N[C@@H]1c2ccccc2C[C@@H]1O)c1ccccn1. The summed E-state index contributed by atoms with van der Waals surface area (Å²) in [5, 5.41) is 12.9. The Bertz CT molecular complexity index is 598. The van der Waals surface area contributed by atoms with Crippen molar-refractivity contribution < 1.29 is 9.90 Å². The summed E-state index contributed by atoms with van der Waals surface area (Å²) in [7, 11) is 0. The van der Waals surface area contributed by atoms with E-state index in [1.54, 1.807) is 24.4 Å². The number of hydrogen-bond acceptors (Lipinski definition) is 3. The van der Waals surface area contributed by atoms with E-state index in [9.17, 15) is 9.90 Å². The van der Waals surface area contributed by atoms with Crippen molar-refractivity contribution >= 4 is 5.91 Å². The molecule has 4 heteroatoms. The van der Waals surface area contributed by atoms with E-state index in [0.29, 0.717) is 12.1 Å². The minimum absolute atomic E-state index is 0.263. The first kappa shape index (κ1) is 11.9. The predicted octanol–water partition coefficient (Wildman–Crippen LogP) is 1.47. The van der Waals surface area contributed by atoms with E-state index in [1.165, 1.54) is 0 Å². The Labute approximate surface area is 111 Å². The standard InChI is InChI=1S/C15H14N2O2/c18-13-9-10-5-1-2-6-11(10)14(13)17-15(19)12-7-3-4-8-16-12/h1-8,13-14,18H,9H2,(H,17,19)/t13-,14+/m0/s1. The van der Waals surface area contributed by atoms with Gasteiger partial charge in [-0.25, -0.2) is 0 Å². The van der Waals surface area contributed by atoms with Crippen LogP contribution in [-0.4, -0.2) is 22.1 Å². The Morgan fingerprint density at radius 1 is 1.21 bits per heavy atom. The Morgan fingerprint density at radius 3 is 2.79 bits per heavy atom. The first-order valence-electron chi connectivity index (χ1n) is 6.23. The summed E-state index contributed by atoms with van der Waals surface area (Å²) in [4.78, 5) is 16.1. The molecule has 0 fully saturated rings. The largest absolute Gasteiger partial charge is 0.390 e. The van der Waals surface area contributed by atoms with Gasteiger partial charge in [-0.05, 0) is 23.3 Å². The highest BCUT2D eigenvalue weighted by molar-refractivity contribution is 5.92. The zero-order chi connectivity index (χ0) is 13.2. The predicted molar refractivity (Wildman–Crippen MR) is 70.6 cm³/mol. The average molecular weight is 254 g/mol. The number of hydrogen-bond donors (Lipinski definition) is 2. The lowest BCUT2D eigenvalue weighted by atomic mass is 10.1. The molecule has 0 bridgehead atoms. The fourth-order valence-corrected chi connectivity index (χ4v) is 2.46. The molecule has 0 saturated carbocycles. The number of aromatic nitrogens is 1. The number of rotatable bonds is 2. The number of fused-ring (bicyclic) bond motifs is 1. The molecular weight excluding hydrogens is 240 g/mol. The molecule has 1 aliphatic carbocycles. The highest BCUT2D eigenvalue weighted by Gasteiger charge is 2.32. The average Bonchev–Trinajstić information content (AvgIpc) is 2.76. The van der Waals surface area contributed by atoms with Crippen molar-refractivity contribution in [3.8, 4) is 0 Å². The lowest BCUT2D eigenvalue weighted by Gasteiger charge is -2.17. The molecule has 3 rings (SSSR count). The van der Waals surface area contributed by atoms with E-state index in [-0.39, 0.29) is 11.9 Å². The van der Waals surface area contributed by atoms with Crippen LogP contribution in [0.2, 0.25) is 0 Å². The molecule has 0 unspecified atom stereocenters. The summed E-state index contributed by atoms with van der Waals surface area (Å²) < 4.78 is 0. The van der Waals surface area contributed by atoms with Crippen LogP contribution in [0.1, 0.15) is 27.7 Å². The molecule has 1 aromatic heterocycles. The minimum Gasteiger partial charge on any atom is -0.390 e. The Morgan fingerprint density at radius 2 is 2.00 bits per heavy atom. The Hall–Kier alpha value is -2.20. The number of aliphatic hydroxyl groups is 1. The zero-order valence-corrected chi connectivity index (χ0v) is 10.3. The van der Waals surface area contributed by atoms with Crippen molar-refractivity contribution in [3.05, 3.63) is 65.5 Å². The van der Waals surface area contributed by atoms with Gasteiger partial charge in [0, 0.05) is 12.6 Å². The molecule has 1 aromatic carbocycles. The van der Waals surface area contributed by atoms with E-state index < -0.39 is 6.10 Å². The second kappa shape index (κ2) is 4.82. The second-order valence-corrected chi connectivity index (χ2v) is 4.64. The van der Waals surface area contributed by atoms with Crippen molar-refractivity contribution in [2.75, 3.05) is 0 Å². The monoisotopic (exact) mass is 254 g/mol. The molecule has 1 aliphatic rings. The number of amides is 1. The number of aliphatic hydroxyl groups excluding tert-OH is 1. The number of pyridine rings is 1. The summed E-state index contributed by atoms with van der Waals surface area (Å²) in [6.45, 7) is 0. The van der Waals surface area contributed by atoms with Crippen LogP contribution in [0, 0.1) is 0 Å². The van der Waals surface area contributed by atoms with Crippen molar-refractivity contribution in [2.45, 2.75) is 18.6 Å². The van der Waals surface area contributed by atoms with E-state index in [4.69, 9.17) is 0 Å². The van der Waals surface area contributed by atoms with E-state index >= 15 is 0 Å². The fraction of sp³-hybridized carbons (Fsp3) is 0.200. The van der Waals surface area contributed by atoms with Gasteiger partial charge in [0.25, 0.3) is 5.91 Å². The fourth-order valence-electron chi connectivity index (χ4n) is 2.46. The van der Waals surface area contributed by atoms with E-state index in [1.807, 2.05) is 24.3 Å². The lowest BCUT2D eigenvalue weighted by Crippen LogP contribution is -2.34. The van der Waals surface area contributed by atoms with E-state index in [2.05, 4.69) is 10.3 Å². The topological polar surface area (TPSA) is 62.2 Å². The van der Waals surface area contributed by atoms with Crippen molar-refractivity contribution in [1.82, 2.24) is 10.3 Å². The maximum absolute atomic E-state index is 12.1. The Kier molecular flexibility index (Phi) is 3.01. The molecule has 0 aliphatic heterocycles. The van der Waals surface area contributed by atoms with E-state index in [0.717, 1.165) is 11.1 Å². The summed E-state index contributed by atoms with van der Waals surface area (Å²) in [6, 6.07) is 12.6. The van der Waals surface area contributed by atoms with Gasteiger partial charge in [-0.1, -0.05) is 30.3 Å². The van der Waals surface area contributed by atoms with Gasteiger partial charge < -0.3 is 10.4 Å². The van der Waals surface area contributed by atoms with Crippen LogP contribution in [0.3, 0.4) is 0 Å². The van der Waals surface area contributed by atoms with Crippen molar-refractivity contribution in [1.29, 1.82) is 0 Å². The third-order valence-electron chi connectivity index (χ3n) is 3.39. The number of benzene rings is 1. The number of nitrogens with zero attached hydrogens (tertiary/aromatic N) is 1. The highest BCUT2D eigenvalue weighted by atomic mass is 16.3. The maximum atomic E-state index is 12.1. The molecule has 2 atom stereocenters. The van der Waals surface area contributed by atoms with Gasteiger partial charge in [0.15, 0.2) is 0 Å². The van der Waals surface area contributed by atoms with Crippen LogP contribution >= 0.6 is 0 Å². The number of carbonyl (C=O) groups is 1. The quantitative estimate of drug-likeness (QED) is 0.853. The van der Waals surface area contributed by atoms with Crippen molar-refractivity contribution in [2.24, 2.45) is 0 Å². The smallest absolute Gasteiger partial charge is 0.270 e. The lowest BCUT2D eigenvalue weighted by molar-refractivity contribution is 0.0853. The molecule has 0 saturated heterocycles. The summed E-state index contributed by atoms with van der Waals surface area (Å²) in [5.41, 5.74) is 2.43. The maximum Gasteiger partial charge on any atom is 0.270 e. The third-order valence-corrected chi connectivity index (χ3v) is 3.39. The highest BCUT2D eigenvalue weighted by Crippen LogP contribution is 2.31. The summed E-state index contributed by atoms with van der Waals surface area (Å²) in [5.74, 6) is -0.263. The van der Waals surface area contributed by atoms with Crippen LogP contribution in [0.15, 0.2) is 48.7 Å². The molecule has 2 N–H and O–H groups in total. The number of nitrogens with one attached hydrogen (secondary N) is 1. The number of carbonyl (C=O) groups excluding carboxylic acids is 1. The minimum atomic E-state index is -0.579. The first-order chi connectivity index (χ1) is 9.25. The van der Waals surface area contributed by atoms with Gasteiger partial charge in [-0.15, -0.1) is 0 Å². The molecular formula is C15H14N2O2. The molecule has 2 aromatic rings. The molecule has 1 amide bonds. The van der Waals surface area contributed by atoms with Crippen LogP contribution in [0.5, 0.6) is 0 Å². The van der Waals surface area contributed by atoms with Crippen LogP contribution in [0.4, 0.5) is 0 Å². The first-order valence-corrected chi connectivity index (χ1v) is 6.23. The zero-order valence-electron chi connectivity index (χ0n) is 10.3. The van der Waals surface area contributed by atoms with Gasteiger partial charge in [-0.3, -0.25) is 9.78 Å². The van der Waals surface area contributed by atoms with Gasteiger partial charge in [0.1, 0.15) is 5.69 Å². The van der Waals surface area contributed by atoms with Gasteiger partial charge in [0.05, 0.1) is 12.1 Å². The Balaban J connectivity index is 1.82. The molecule has 1 heterocycles. The molecule has 0 spiro atoms. The van der Waals surface area contributed by atoms with Crippen molar-refractivity contribution in [3.63, 3.8) is 0 Å². The van der Waals surface area contributed by atoms with Crippen LogP contribution in [-0.2, 0) is 6.42 Å². The summed E-state index contributed by atoms with van der Waals surface area (Å²) >= 11 is 0. The van der Waals surface area contributed by atoms with Gasteiger partial charge >= 0.3 is 0 Å². The van der Waals surface area contributed by atoms with Crippen LogP contribution in [0.25, 0.3) is 0 Å². The molecule has 4 nitrogen and oxygen atoms in total. The molecule has 0 radical (unpaired) electrons. The second-order valence-electron chi connectivity index (χ2n) is 4.64.